The first-order chi connectivity index (χ1) is 13.8. The van der Waals surface area contributed by atoms with Gasteiger partial charge in [-0.1, -0.05) is 31.4 Å². The van der Waals surface area contributed by atoms with Crippen LogP contribution < -0.4 is 0 Å². The third kappa shape index (κ3) is 5.68. The van der Waals surface area contributed by atoms with Crippen LogP contribution in [0.1, 0.15) is 79.1 Å². The van der Waals surface area contributed by atoms with Crippen LogP contribution in [0.2, 0.25) is 0 Å². The molecule has 1 saturated heterocycles. The molecule has 4 heteroatoms. The maximum atomic E-state index is 12.1. The summed E-state index contributed by atoms with van der Waals surface area (Å²) in [6, 6.07) is 0. The van der Waals surface area contributed by atoms with Gasteiger partial charge in [-0.2, -0.15) is 0 Å². The van der Waals surface area contributed by atoms with E-state index in [1.165, 1.54) is 12.0 Å². The quantitative estimate of drug-likeness (QED) is 0.590. The van der Waals surface area contributed by atoms with Gasteiger partial charge in [0.1, 0.15) is 0 Å². The van der Waals surface area contributed by atoms with Gasteiger partial charge in [-0.25, -0.2) is 0 Å². The Morgan fingerprint density at radius 1 is 1.38 bits per heavy atom. The van der Waals surface area contributed by atoms with Crippen LogP contribution in [0.15, 0.2) is 34.9 Å². The van der Waals surface area contributed by atoms with Gasteiger partial charge in [0, 0.05) is 18.8 Å². The number of fused-ring (bicyclic) bond motifs is 1. The number of aliphatic hydroxyl groups is 1. The third-order valence-corrected chi connectivity index (χ3v) is 6.62. The minimum absolute atomic E-state index is 0.0393. The van der Waals surface area contributed by atoms with Crippen LogP contribution in [-0.4, -0.2) is 35.5 Å². The van der Waals surface area contributed by atoms with Gasteiger partial charge in [0.15, 0.2) is 11.6 Å². The first-order valence-corrected chi connectivity index (χ1v) is 11.3. The molecule has 162 valence electrons. The summed E-state index contributed by atoms with van der Waals surface area (Å²) >= 11 is 0. The number of rotatable bonds is 7. The van der Waals surface area contributed by atoms with E-state index in [-0.39, 0.29) is 30.5 Å². The van der Waals surface area contributed by atoms with Gasteiger partial charge in [-0.15, -0.1) is 0 Å². The second-order valence-corrected chi connectivity index (χ2v) is 9.54. The molecule has 0 radical (unpaired) electrons. The van der Waals surface area contributed by atoms with Crippen molar-refractivity contribution in [3.05, 3.63) is 34.9 Å². The van der Waals surface area contributed by atoms with Gasteiger partial charge in [0.05, 0.1) is 18.8 Å². The Kier molecular flexibility index (Phi) is 7.53. The summed E-state index contributed by atoms with van der Waals surface area (Å²) < 4.78 is 12.9. The van der Waals surface area contributed by atoms with Crippen molar-refractivity contribution in [2.75, 3.05) is 6.61 Å². The molecular formula is C25H38O4. The predicted octanol–water partition coefficient (Wildman–Crippen LogP) is 5.27. The Morgan fingerprint density at radius 3 is 2.90 bits per heavy atom. The topological polar surface area (TPSA) is 55.8 Å². The lowest BCUT2D eigenvalue weighted by molar-refractivity contribution is -0.275. The SMILES string of the molecule is CC(C)=CCC(C)CCC[C@H]1CCC[C@]2(C=C(CO)[C@H]3CC(=O)C(C)=C[C@H]3O2)O1. The fourth-order valence-corrected chi connectivity index (χ4v) is 4.83. The number of carbonyl (C=O) groups excluding carboxylic acids is 1. The van der Waals surface area contributed by atoms with E-state index in [1.807, 2.05) is 19.1 Å². The first kappa shape index (κ1) is 22.5. The summed E-state index contributed by atoms with van der Waals surface area (Å²) in [6.45, 7) is 8.45. The first-order valence-electron chi connectivity index (χ1n) is 11.3. The molecule has 0 saturated carbocycles. The van der Waals surface area contributed by atoms with E-state index in [2.05, 4.69) is 26.8 Å². The molecule has 0 bridgehead atoms. The summed E-state index contributed by atoms with van der Waals surface area (Å²) in [5.74, 6) is 0.0481. The Balaban J connectivity index is 1.61. The van der Waals surface area contributed by atoms with Crippen molar-refractivity contribution < 1.29 is 19.4 Å². The number of carbonyl (C=O) groups is 1. The molecule has 4 nitrogen and oxygen atoms in total. The average Bonchev–Trinajstić information content (AvgIpc) is 2.67. The molecule has 29 heavy (non-hydrogen) atoms. The van der Waals surface area contributed by atoms with Crippen LogP contribution in [-0.2, 0) is 14.3 Å². The van der Waals surface area contributed by atoms with E-state index in [9.17, 15) is 9.90 Å². The molecule has 0 aromatic carbocycles. The smallest absolute Gasteiger partial charge is 0.189 e. The molecule has 5 atom stereocenters. The molecule has 2 aliphatic heterocycles. The Hall–Kier alpha value is -1.23. The summed E-state index contributed by atoms with van der Waals surface area (Å²) in [5, 5.41) is 9.94. The summed E-state index contributed by atoms with van der Waals surface area (Å²) in [7, 11) is 0. The fourth-order valence-electron chi connectivity index (χ4n) is 4.83. The van der Waals surface area contributed by atoms with Crippen LogP contribution >= 0.6 is 0 Å². The number of ketones is 1. The van der Waals surface area contributed by atoms with Crippen molar-refractivity contribution in [1.29, 1.82) is 0 Å². The van der Waals surface area contributed by atoms with Crippen molar-refractivity contribution >= 4 is 5.78 Å². The third-order valence-electron chi connectivity index (χ3n) is 6.62. The standard InChI is InChI=1S/C25H38O4/c1-17(2)10-11-18(3)7-5-8-21-9-6-12-25(28-21)15-20(16-26)22-14-23(27)19(4)13-24(22)29-25/h10,13,15,18,21-22,24,26H,5-9,11-12,14,16H2,1-4H3/t18?,21-,22+,24+,25-/m0/s1. The molecule has 1 N–H and O–H groups in total. The number of Topliss-reactive ketones (excluding diaryl/α,β-unsaturated/α-hetero) is 1. The zero-order valence-corrected chi connectivity index (χ0v) is 18.6. The minimum Gasteiger partial charge on any atom is -0.392 e. The number of aliphatic hydroxyl groups excluding tert-OH is 1. The molecule has 0 aromatic rings. The molecule has 1 unspecified atom stereocenters. The zero-order valence-electron chi connectivity index (χ0n) is 18.6. The highest BCUT2D eigenvalue weighted by atomic mass is 16.7. The summed E-state index contributed by atoms with van der Waals surface area (Å²) in [6.07, 6.45) is 14.2. The molecule has 3 rings (SSSR count). The van der Waals surface area contributed by atoms with E-state index in [0.717, 1.165) is 49.7 Å². The normalized spacial score (nSPS) is 33.0. The Morgan fingerprint density at radius 2 is 2.17 bits per heavy atom. The molecule has 3 aliphatic rings. The molecule has 1 fully saturated rings. The molecule has 0 amide bonds. The van der Waals surface area contributed by atoms with Crippen LogP contribution in [0.4, 0.5) is 0 Å². The second kappa shape index (κ2) is 9.72. The largest absolute Gasteiger partial charge is 0.392 e. The lowest BCUT2D eigenvalue weighted by atomic mass is 9.78. The van der Waals surface area contributed by atoms with Crippen molar-refractivity contribution in [3.8, 4) is 0 Å². The van der Waals surface area contributed by atoms with Crippen LogP contribution in [0.25, 0.3) is 0 Å². The maximum absolute atomic E-state index is 12.1. The number of hydrogen-bond donors (Lipinski definition) is 1. The van der Waals surface area contributed by atoms with E-state index < -0.39 is 5.79 Å². The van der Waals surface area contributed by atoms with E-state index in [1.54, 1.807) is 0 Å². The zero-order chi connectivity index (χ0) is 21.0. The highest BCUT2D eigenvalue weighted by molar-refractivity contribution is 5.96. The van der Waals surface area contributed by atoms with Gasteiger partial charge >= 0.3 is 0 Å². The Labute approximate surface area is 176 Å². The average molecular weight is 403 g/mol. The number of ether oxygens (including phenoxy) is 2. The van der Waals surface area contributed by atoms with Crippen molar-refractivity contribution in [2.45, 2.75) is 97.1 Å². The molecule has 0 aromatic heterocycles. The van der Waals surface area contributed by atoms with Crippen molar-refractivity contribution in [3.63, 3.8) is 0 Å². The highest BCUT2D eigenvalue weighted by Crippen LogP contribution is 2.43. The number of allylic oxidation sites excluding steroid dienone is 3. The van der Waals surface area contributed by atoms with E-state index >= 15 is 0 Å². The predicted molar refractivity (Wildman–Crippen MR) is 115 cm³/mol. The van der Waals surface area contributed by atoms with Gasteiger partial charge in [-0.3, -0.25) is 4.79 Å². The minimum atomic E-state index is -0.743. The van der Waals surface area contributed by atoms with Crippen LogP contribution in [0.3, 0.4) is 0 Å². The van der Waals surface area contributed by atoms with Gasteiger partial charge < -0.3 is 14.6 Å². The second-order valence-electron chi connectivity index (χ2n) is 9.54. The summed E-state index contributed by atoms with van der Waals surface area (Å²) in [4.78, 5) is 12.1. The molecule has 1 aliphatic carbocycles. The van der Waals surface area contributed by atoms with Gasteiger partial charge in [0.2, 0.25) is 0 Å². The van der Waals surface area contributed by atoms with E-state index in [0.29, 0.717) is 12.3 Å². The van der Waals surface area contributed by atoms with E-state index in [4.69, 9.17) is 9.47 Å². The summed E-state index contributed by atoms with van der Waals surface area (Å²) in [5.41, 5.74) is 3.05. The monoisotopic (exact) mass is 402 g/mol. The van der Waals surface area contributed by atoms with Crippen molar-refractivity contribution in [1.82, 2.24) is 0 Å². The lowest BCUT2D eigenvalue weighted by Crippen LogP contribution is -2.50. The molecular weight excluding hydrogens is 364 g/mol. The van der Waals surface area contributed by atoms with Gasteiger partial charge in [0.25, 0.3) is 0 Å². The van der Waals surface area contributed by atoms with Crippen LogP contribution in [0.5, 0.6) is 0 Å². The molecule has 1 spiro atoms. The number of hydrogen-bond acceptors (Lipinski definition) is 4. The maximum Gasteiger partial charge on any atom is 0.189 e. The van der Waals surface area contributed by atoms with Gasteiger partial charge in [-0.05, 0) is 75.7 Å². The fraction of sp³-hybridized carbons (Fsp3) is 0.720. The lowest BCUT2D eigenvalue weighted by Gasteiger charge is -2.47. The molecule has 2 heterocycles. The highest BCUT2D eigenvalue weighted by Gasteiger charge is 2.46. The van der Waals surface area contributed by atoms with Crippen LogP contribution in [0, 0.1) is 11.8 Å². The van der Waals surface area contributed by atoms with Crippen molar-refractivity contribution in [2.24, 2.45) is 11.8 Å². The Bertz CT molecular complexity index is 685.